The summed E-state index contributed by atoms with van der Waals surface area (Å²) in [6, 6.07) is 13.3. The largest absolute Gasteiger partial charge is 0.504 e. The third-order valence-corrected chi connectivity index (χ3v) is 3.74. The second kappa shape index (κ2) is 6.45. The summed E-state index contributed by atoms with van der Waals surface area (Å²) >= 11 is 0. The first kappa shape index (κ1) is 15.6. The van der Waals surface area contributed by atoms with Crippen molar-refractivity contribution in [3.05, 3.63) is 70.0 Å². The number of aromatic hydroxyl groups is 2. The van der Waals surface area contributed by atoms with Crippen LogP contribution in [0.3, 0.4) is 0 Å². The van der Waals surface area contributed by atoms with E-state index in [9.17, 15) is 19.8 Å². The van der Waals surface area contributed by atoms with Gasteiger partial charge in [0.25, 0.3) is 11.5 Å². The molecule has 122 valence electrons. The second-order valence-corrected chi connectivity index (χ2v) is 5.43. The van der Waals surface area contributed by atoms with E-state index in [0.717, 1.165) is 10.9 Å². The first-order valence-electron chi connectivity index (χ1n) is 7.46. The van der Waals surface area contributed by atoms with Gasteiger partial charge in [0.05, 0.1) is 0 Å². The Kier molecular flexibility index (Phi) is 4.20. The van der Waals surface area contributed by atoms with E-state index in [1.54, 1.807) is 18.2 Å². The summed E-state index contributed by atoms with van der Waals surface area (Å²) in [7, 11) is 0. The van der Waals surface area contributed by atoms with Gasteiger partial charge < -0.3 is 20.5 Å². The van der Waals surface area contributed by atoms with Gasteiger partial charge in [0.1, 0.15) is 5.56 Å². The fourth-order valence-electron chi connectivity index (χ4n) is 2.46. The van der Waals surface area contributed by atoms with Gasteiger partial charge in [-0.25, -0.2) is 0 Å². The zero-order chi connectivity index (χ0) is 17.1. The van der Waals surface area contributed by atoms with Crippen LogP contribution in [0.25, 0.3) is 10.9 Å². The molecule has 0 atom stereocenters. The van der Waals surface area contributed by atoms with Crippen LogP contribution in [-0.4, -0.2) is 27.6 Å². The van der Waals surface area contributed by atoms with Gasteiger partial charge in [-0.05, 0) is 41.6 Å². The van der Waals surface area contributed by atoms with Crippen LogP contribution in [-0.2, 0) is 6.42 Å². The zero-order valence-corrected chi connectivity index (χ0v) is 12.7. The third kappa shape index (κ3) is 3.22. The Bertz CT molecular complexity index is 963. The van der Waals surface area contributed by atoms with Crippen molar-refractivity contribution in [2.75, 3.05) is 6.54 Å². The number of H-pyrrole nitrogens is 1. The van der Waals surface area contributed by atoms with Gasteiger partial charge >= 0.3 is 0 Å². The first-order chi connectivity index (χ1) is 11.5. The standard InChI is InChI=1S/C18H16N2O4/c21-15-6-5-11(9-16(15)22)7-8-19-17(23)13-10-12-3-1-2-4-14(12)20-18(13)24/h1-6,9-10,21-22H,7-8H2,(H,19,23)(H,20,24). The van der Waals surface area contributed by atoms with E-state index in [2.05, 4.69) is 10.3 Å². The fourth-order valence-corrected chi connectivity index (χ4v) is 2.46. The number of pyridine rings is 1. The second-order valence-electron chi connectivity index (χ2n) is 5.43. The summed E-state index contributed by atoms with van der Waals surface area (Å²) < 4.78 is 0. The smallest absolute Gasteiger partial charge is 0.261 e. The highest BCUT2D eigenvalue weighted by Crippen LogP contribution is 2.24. The van der Waals surface area contributed by atoms with Crippen LogP contribution >= 0.6 is 0 Å². The van der Waals surface area contributed by atoms with Crippen molar-refractivity contribution < 1.29 is 15.0 Å². The Balaban J connectivity index is 1.70. The molecule has 1 aromatic heterocycles. The van der Waals surface area contributed by atoms with Crippen LogP contribution in [0.1, 0.15) is 15.9 Å². The van der Waals surface area contributed by atoms with Gasteiger partial charge in [0.15, 0.2) is 11.5 Å². The fraction of sp³-hybridized carbons (Fsp3) is 0.111. The molecule has 1 heterocycles. The van der Waals surface area contributed by atoms with Crippen LogP contribution in [0.4, 0.5) is 0 Å². The van der Waals surface area contributed by atoms with Crippen molar-refractivity contribution >= 4 is 16.8 Å². The Morgan fingerprint density at radius 2 is 1.83 bits per heavy atom. The number of para-hydroxylation sites is 1. The number of aromatic nitrogens is 1. The topological polar surface area (TPSA) is 102 Å². The molecule has 3 aromatic rings. The average molecular weight is 324 g/mol. The molecule has 0 bridgehead atoms. The normalized spacial score (nSPS) is 10.7. The summed E-state index contributed by atoms with van der Waals surface area (Å²) in [6.45, 7) is 0.301. The van der Waals surface area contributed by atoms with Crippen LogP contribution in [0.15, 0.2) is 53.3 Å². The number of nitrogens with one attached hydrogen (secondary N) is 2. The van der Waals surface area contributed by atoms with Crippen LogP contribution < -0.4 is 10.9 Å². The molecule has 0 saturated carbocycles. The number of carbonyl (C=O) groups is 1. The number of phenols is 2. The SMILES string of the molecule is O=C(NCCc1ccc(O)c(O)c1)c1cc2ccccc2[nH]c1=O. The highest BCUT2D eigenvalue weighted by atomic mass is 16.3. The van der Waals surface area contributed by atoms with Crippen LogP contribution in [0, 0.1) is 0 Å². The number of benzene rings is 2. The van der Waals surface area contributed by atoms with E-state index in [4.69, 9.17) is 0 Å². The average Bonchev–Trinajstić information content (AvgIpc) is 2.57. The van der Waals surface area contributed by atoms with E-state index < -0.39 is 11.5 Å². The lowest BCUT2D eigenvalue weighted by Crippen LogP contribution is -2.31. The number of hydrogen-bond donors (Lipinski definition) is 4. The summed E-state index contributed by atoms with van der Waals surface area (Å²) in [5.41, 5.74) is 1.06. The maximum absolute atomic E-state index is 12.2. The lowest BCUT2D eigenvalue weighted by atomic mass is 10.1. The lowest BCUT2D eigenvalue weighted by Gasteiger charge is -2.07. The minimum Gasteiger partial charge on any atom is -0.504 e. The number of hydrogen-bond acceptors (Lipinski definition) is 4. The molecule has 1 amide bonds. The Morgan fingerprint density at radius 3 is 2.62 bits per heavy atom. The number of phenolic OH excluding ortho intramolecular Hbond substituents is 2. The maximum Gasteiger partial charge on any atom is 0.261 e. The number of amides is 1. The molecule has 2 aromatic carbocycles. The van der Waals surface area contributed by atoms with Gasteiger partial charge in [-0.1, -0.05) is 24.3 Å². The van der Waals surface area contributed by atoms with Crippen molar-refractivity contribution in [3.63, 3.8) is 0 Å². The molecule has 24 heavy (non-hydrogen) atoms. The third-order valence-electron chi connectivity index (χ3n) is 3.74. The highest BCUT2D eigenvalue weighted by molar-refractivity contribution is 5.97. The molecule has 0 radical (unpaired) electrons. The number of rotatable bonds is 4. The predicted molar refractivity (Wildman–Crippen MR) is 90.4 cm³/mol. The summed E-state index contributed by atoms with van der Waals surface area (Å²) in [5, 5.41) is 22.2. The van der Waals surface area contributed by atoms with E-state index >= 15 is 0 Å². The summed E-state index contributed by atoms with van der Waals surface area (Å²) in [4.78, 5) is 26.9. The van der Waals surface area contributed by atoms with Crippen molar-refractivity contribution in [1.29, 1.82) is 0 Å². The lowest BCUT2D eigenvalue weighted by molar-refractivity contribution is 0.0953. The predicted octanol–water partition coefficient (Wildman–Crippen LogP) is 1.91. The molecule has 3 rings (SSSR count). The van der Waals surface area contributed by atoms with Crippen LogP contribution in [0.5, 0.6) is 11.5 Å². The molecule has 0 spiro atoms. The molecular formula is C18H16N2O4. The number of aromatic amines is 1. The maximum atomic E-state index is 12.2. The van der Waals surface area contributed by atoms with Crippen molar-refractivity contribution in [3.8, 4) is 11.5 Å². The van der Waals surface area contributed by atoms with Gasteiger partial charge in [-0.2, -0.15) is 0 Å². The molecule has 4 N–H and O–H groups in total. The van der Waals surface area contributed by atoms with E-state index in [0.29, 0.717) is 18.5 Å². The number of fused-ring (bicyclic) bond motifs is 1. The molecule has 0 aliphatic heterocycles. The van der Waals surface area contributed by atoms with Crippen molar-refractivity contribution in [1.82, 2.24) is 10.3 Å². The van der Waals surface area contributed by atoms with E-state index in [1.807, 2.05) is 18.2 Å². The van der Waals surface area contributed by atoms with Gasteiger partial charge in [-0.15, -0.1) is 0 Å². The minimum absolute atomic E-state index is 0.0576. The van der Waals surface area contributed by atoms with E-state index in [-0.39, 0.29) is 17.1 Å². The van der Waals surface area contributed by atoms with E-state index in [1.165, 1.54) is 12.1 Å². The monoisotopic (exact) mass is 324 g/mol. The summed E-state index contributed by atoms with van der Waals surface area (Å²) in [6.07, 6.45) is 0.463. The molecule has 6 nitrogen and oxygen atoms in total. The molecule has 0 fully saturated rings. The minimum atomic E-state index is -0.454. The highest BCUT2D eigenvalue weighted by Gasteiger charge is 2.11. The van der Waals surface area contributed by atoms with Crippen molar-refractivity contribution in [2.24, 2.45) is 0 Å². The molecular weight excluding hydrogens is 308 g/mol. The van der Waals surface area contributed by atoms with Gasteiger partial charge in [-0.3, -0.25) is 9.59 Å². The molecule has 0 aliphatic carbocycles. The summed E-state index contributed by atoms with van der Waals surface area (Å²) in [5.74, 6) is -0.847. The van der Waals surface area contributed by atoms with Gasteiger partial charge in [0, 0.05) is 12.1 Å². The van der Waals surface area contributed by atoms with Crippen LogP contribution in [0.2, 0.25) is 0 Å². The Morgan fingerprint density at radius 1 is 1.04 bits per heavy atom. The van der Waals surface area contributed by atoms with Crippen molar-refractivity contribution in [2.45, 2.75) is 6.42 Å². The quantitative estimate of drug-likeness (QED) is 0.551. The first-order valence-corrected chi connectivity index (χ1v) is 7.46. The molecule has 0 aliphatic rings. The molecule has 0 unspecified atom stereocenters. The Labute approximate surface area is 137 Å². The zero-order valence-electron chi connectivity index (χ0n) is 12.7. The van der Waals surface area contributed by atoms with Gasteiger partial charge in [0.2, 0.25) is 0 Å². The molecule has 6 heteroatoms. The Hall–Kier alpha value is -3.28. The molecule has 0 saturated heterocycles. The number of carbonyl (C=O) groups excluding carboxylic acids is 1.